The van der Waals surface area contributed by atoms with Crippen molar-refractivity contribution in [3.05, 3.63) is 64.4 Å². The van der Waals surface area contributed by atoms with Gasteiger partial charge in [0.1, 0.15) is 0 Å². The van der Waals surface area contributed by atoms with E-state index in [1.54, 1.807) is 0 Å². The van der Waals surface area contributed by atoms with E-state index in [1.165, 1.54) is 11.1 Å². The molecule has 0 saturated carbocycles. The molecule has 1 aromatic carbocycles. The van der Waals surface area contributed by atoms with E-state index in [2.05, 4.69) is 36.3 Å². The molecule has 3 heteroatoms. The van der Waals surface area contributed by atoms with Crippen LogP contribution in [-0.4, -0.2) is 11.5 Å². The van der Waals surface area contributed by atoms with Crippen LogP contribution in [0.2, 0.25) is 5.02 Å². The Hall–Kier alpha value is -1.38. The molecule has 2 rings (SSSR count). The van der Waals surface area contributed by atoms with E-state index in [9.17, 15) is 0 Å². The zero-order valence-electron chi connectivity index (χ0n) is 11.4. The Morgan fingerprint density at radius 2 is 2.11 bits per heavy atom. The van der Waals surface area contributed by atoms with Crippen molar-refractivity contribution >= 4 is 11.6 Å². The maximum Gasteiger partial charge on any atom is 0.0579 e. The van der Waals surface area contributed by atoms with E-state index >= 15 is 0 Å². The molecule has 0 aliphatic carbocycles. The molecule has 1 aromatic heterocycles. The predicted molar refractivity (Wildman–Crippen MR) is 80.5 cm³/mol. The molecular formula is C16H19ClN2. The minimum absolute atomic E-state index is 0.225. The molecule has 0 bridgehead atoms. The molecular weight excluding hydrogens is 256 g/mol. The Kier molecular flexibility index (Phi) is 4.94. The molecule has 0 aliphatic rings. The fourth-order valence-electron chi connectivity index (χ4n) is 2.18. The van der Waals surface area contributed by atoms with Gasteiger partial charge in [-0.15, -0.1) is 0 Å². The number of hydrogen-bond donors (Lipinski definition) is 1. The van der Waals surface area contributed by atoms with Gasteiger partial charge in [-0.25, -0.2) is 0 Å². The highest BCUT2D eigenvalue weighted by atomic mass is 35.5. The van der Waals surface area contributed by atoms with Crippen molar-refractivity contribution in [2.75, 3.05) is 6.54 Å². The Labute approximate surface area is 119 Å². The molecule has 2 nitrogen and oxygen atoms in total. The van der Waals surface area contributed by atoms with Crippen LogP contribution in [0, 0.1) is 6.92 Å². The second-order valence-electron chi connectivity index (χ2n) is 4.70. The lowest BCUT2D eigenvalue weighted by Crippen LogP contribution is -2.24. The normalized spacial score (nSPS) is 12.4. The zero-order valence-corrected chi connectivity index (χ0v) is 12.1. The van der Waals surface area contributed by atoms with E-state index in [1.807, 2.05) is 30.5 Å². The maximum absolute atomic E-state index is 6.04. The predicted octanol–water partition coefficient (Wildman–Crippen LogP) is 3.94. The lowest BCUT2D eigenvalue weighted by Gasteiger charge is -2.18. The van der Waals surface area contributed by atoms with E-state index in [0.29, 0.717) is 0 Å². The molecule has 19 heavy (non-hydrogen) atoms. The first-order valence-corrected chi connectivity index (χ1v) is 6.97. The second-order valence-corrected chi connectivity index (χ2v) is 5.14. The quantitative estimate of drug-likeness (QED) is 0.893. The first-order valence-electron chi connectivity index (χ1n) is 6.59. The van der Waals surface area contributed by atoms with Crippen molar-refractivity contribution in [1.82, 2.24) is 10.3 Å². The Morgan fingerprint density at radius 1 is 1.26 bits per heavy atom. The van der Waals surface area contributed by atoms with Gasteiger partial charge in [-0.05, 0) is 55.3 Å². The van der Waals surface area contributed by atoms with Crippen LogP contribution in [0.1, 0.15) is 29.8 Å². The summed E-state index contributed by atoms with van der Waals surface area (Å²) in [7, 11) is 0. The van der Waals surface area contributed by atoms with Crippen molar-refractivity contribution in [1.29, 1.82) is 0 Å². The highest BCUT2D eigenvalue weighted by Gasteiger charge is 2.12. The molecule has 0 spiro atoms. The molecule has 0 radical (unpaired) electrons. The van der Waals surface area contributed by atoms with Crippen molar-refractivity contribution < 1.29 is 0 Å². The molecule has 0 fully saturated rings. The standard InChI is InChI=1S/C16H19ClN2/c1-3-18-16(15-9-12(2)7-8-19-15)11-13-5-4-6-14(17)10-13/h4-10,16,18H,3,11H2,1-2H3. The molecule has 1 N–H and O–H groups in total. The topological polar surface area (TPSA) is 24.9 Å². The fourth-order valence-corrected chi connectivity index (χ4v) is 2.39. The number of likely N-dealkylation sites (N-methyl/N-ethyl adjacent to an activating group) is 1. The zero-order chi connectivity index (χ0) is 13.7. The molecule has 100 valence electrons. The van der Waals surface area contributed by atoms with Crippen LogP contribution in [-0.2, 0) is 6.42 Å². The van der Waals surface area contributed by atoms with Crippen LogP contribution >= 0.6 is 11.6 Å². The monoisotopic (exact) mass is 274 g/mol. The summed E-state index contributed by atoms with van der Waals surface area (Å²) in [6.07, 6.45) is 2.76. The van der Waals surface area contributed by atoms with Gasteiger partial charge >= 0.3 is 0 Å². The van der Waals surface area contributed by atoms with E-state index in [4.69, 9.17) is 11.6 Å². The fraction of sp³-hybridized carbons (Fsp3) is 0.312. The number of halogens is 1. The highest BCUT2D eigenvalue weighted by Crippen LogP contribution is 2.19. The minimum atomic E-state index is 0.225. The van der Waals surface area contributed by atoms with E-state index in [-0.39, 0.29) is 6.04 Å². The van der Waals surface area contributed by atoms with E-state index in [0.717, 1.165) is 23.7 Å². The third-order valence-electron chi connectivity index (χ3n) is 3.07. The summed E-state index contributed by atoms with van der Waals surface area (Å²) < 4.78 is 0. The summed E-state index contributed by atoms with van der Waals surface area (Å²) in [6, 6.07) is 12.4. The number of rotatable bonds is 5. The lowest BCUT2D eigenvalue weighted by atomic mass is 10.0. The molecule has 1 atom stereocenters. The number of nitrogens with one attached hydrogen (secondary N) is 1. The number of hydrogen-bond acceptors (Lipinski definition) is 2. The van der Waals surface area contributed by atoms with Gasteiger partial charge in [0.2, 0.25) is 0 Å². The second kappa shape index (κ2) is 6.69. The molecule has 0 saturated heterocycles. The molecule has 0 amide bonds. The van der Waals surface area contributed by atoms with Crippen LogP contribution in [0.15, 0.2) is 42.6 Å². The summed E-state index contributed by atoms with van der Waals surface area (Å²) >= 11 is 6.04. The lowest BCUT2D eigenvalue weighted by molar-refractivity contribution is 0.536. The van der Waals surface area contributed by atoms with Crippen LogP contribution in [0.4, 0.5) is 0 Å². The average molecular weight is 275 g/mol. The summed E-state index contributed by atoms with van der Waals surface area (Å²) in [5.41, 5.74) is 3.54. The number of aromatic nitrogens is 1. The van der Waals surface area contributed by atoms with Crippen molar-refractivity contribution in [3.63, 3.8) is 0 Å². The maximum atomic E-state index is 6.04. The van der Waals surface area contributed by atoms with Crippen molar-refractivity contribution in [2.45, 2.75) is 26.3 Å². The minimum Gasteiger partial charge on any atom is -0.309 e. The third-order valence-corrected chi connectivity index (χ3v) is 3.31. The number of benzene rings is 1. The number of pyridine rings is 1. The van der Waals surface area contributed by atoms with Gasteiger partial charge < -0.3 is 5.32 Å². The van der Waals surface area contributed by atoms with Crippen molar-refractivity contribution in [3.8, 4) is 0 Å². The van der Waals surface area contributed by atoms with Gasteiger partial charge in [0.05, 0.1) is 11.7 Å². The van der Waals surface area contributed by atoms with Gasteiger partial charge in [-0.1, -0.05) is 30.7 Å². The Morgan fingerprint density at radius 3 is 2.79 bits per heavy atom. The first-order chi connectivity index (χ1) is 9.19. The van der Waals surface area contributed by atoms with Crippen LogP contribution < -0.4 is 5.32 Å². The number of aryl methyl sites for hydroxylation is 1. The largest absolute Gasteiger partial charge is 0.309 e. The highest BCUT2D eigenvalue weighted by molar-refractivity contribution is 6.30. The molecule has 1 unspecified atom stereocenters. The summed E-state index contributed by atoms with van der Waals surface area (Å²) in [4.78, 5) is 4.48. The summed E-state index contributed by atoms with van der Waals surface area (Å²) in [5, 5.41) is 4.27. The Bertz CT molecular complexity index is 540. The first kappa shape index (κ1) is 14.0. The Balaban J connectivity index is 2.21. The van der Waals surface area contributed by atoms with Crippen LogP contribution in [0.3, 0.4) is 0 Å². The van der Waals surface area contributed by atoms with Gasteiger partial charge in [0.25, 0.3) is 0 Å². The molecule has 2 aromatic rings. The summed E-state index contributed by atoms with van der Waals surface area (Å²) in [6.45, 7) is 5.12. The number of nitrogens with zero attached hydrogens (tertiary/aromatic N) is 1. The SMILES string of the molecule is CCNC(Cc1cccc(Cl)c1)c1cc(C)ccn1. The average Bonchev–Trinajstić information content (AvgIpc) is 2.38. The van der Waals surface area contributed by atoms with Gasteiger partial charge in [0.15, 0.2) is 0 Å². The summed E-state index contributed by atoms with van der Waals surface area (Å²) in [5.74, 6) is 0. The van der Waals surface area contributed by atoms with Gasteiger partial charge in [-0.2, -0.15) is 0 Å². The van der Waals surface area contributed by atoms with Gasteiger partial charge in [-0.3, -0.25) is 4.98 Å². The molecule has 1 heterocycles. The smallest absolute Gasteiger partial charge is 0.0579 e. The van der Waals surface area contributed by atoms with E-state index < -0.39 is 0 Å². The van der Waals surface area contributed by atoms with Crippen molar-refractivity contribution in [2.24, 2.45) is 0 Å². The third kappa shape index (κ3) is 4.05. The molecule has 0 aliphatic heterocycles. The van der Waals surface area contributed by atoms with Gasteiger partial charge in [0, 0.05) is 11.2 Å². The van der Waals surface area contributed by atoms with Crippen LogP contribution in [0.5, 0.6) is 0 Å². The van der Waals surface area contributed by atoms with Crippen LogP contribution in [0.25, 0.3) is 0 Å².